The minimum Gasteiger partial charge on any atom is -0.496 e. The Morgan fingerprint density at radius 2 is 1.33 bits per heavy atom. The summed E-state index contributed by atoms with van der Waals surface area (Å²) < 4.78 is 25.8. The zero-order valence-corrected chi connectivity index (χ0v) is 27.3. The van der Waals surface area contributed by atoms with E-state index >= 15 is 4.57 Å². The van der Waals surface area contributed by atoms with Crippen LogP contribution in [-0.4, -0.2) is 36.6 Å². The minimum atomic E-state index is -3.06. The van der Waals surface area contributed by atoms with Gasteiger partial charge in [0.25, 0.3) is 0 Å². The maximum Gasteiger partial charge on any atom is 0.342 e. The van der Waals surface area contributed by atoms with Gasteiger partial charge in [-0.2, -0.15) is 0 Å². The molecule has 0 aliphatic heterocycles. The Bertz CT molecular complexity index is 1220. The molecule has 2 atom stereocenters. The Morgan fingerprint density at radius 1 is 0.744 bits per heavy atom. The molecule has 0 saturated heterocycles. The number of unbranched alkanes of at least 4 members (excludes halogenated alkanes) is 7. The van der Waals surface area contributed by atoms with Crippen LogP contribution in [-0.2, 0) is 15.7 Å². The van der Waals surface area contributed by atoms with Gasteiger partial charge in [-0.25, -0.2) is 4.79 Å². The number of aliphatic hydroxyl groups is 1. The summed E-state index contributed by atoms with van der Waals surface area (Å²) in [4.78, 5) is 12.5. The van der Waals surface area contributed by atoms with E-state index in [2.05, 4.69) is 6.92 Å². The predicted octanol–water partition coefficient (Wildman–Crippen LogP) is 8.47. The number of carbonyl (C=O) groups excluding carboxylic acids is 1. The fraction of sp³-hybridized carbons (Fsp3) is 0.486. The lowest BCUT2D eigenvalue weighted by Crippen LogP contribution is -2.35. The van der Waals surface area contributed by atoms with Crippen LogP contribution < -0.4 is 15.3 Å². The van der Waals surface area contributed by atoms with E-state index in [0.717, 1.165) is 86.8 Å². The van der Waals surface area contributed by atoms with Crippen LogP contribution in [0.15, 0.2) is 78.9 Å². The molecule has 0 radical (unpaired) electrons. The molecule has 3 aromatic carbocycles. The van der Waals surface area contributed by atoms with Crippen LogP contribution >= 0.6 is 7.14 Å². The minimum absolute atomic E-state index is 0.302. The summed E-state index contributed by atoms with van der Waals surface area (Å²) in [6, 6.07) is 25.3. The van der Waals surface area contributed by atoms with E-state index in [1.807, 2.05) is 72.8 Å². The fourth-order valence-corrected chi connectivity index (χ4v) is 9.48. The van der Waals surface area contributed by atoms with Crippen LogP contribution in [0.1, 0.15) is 100 Å². The van der Waals surface area contributed by atoms with E-state index in [1.165, 1.54) is 0 Å². The summed E-state index contributed by atoms with van der Waals surface area (Å²) in [5, 5.41) is 13.3. The van der Waals surface area contributed by atoms with Crippen LogP contribution in [0.2, 0.25) is 0 Å². The number of hydrogen-bond donors (Lipinski definition) is 1. The fourth-order valence-electron chi connectivity index (χ4n) is 6.01. The van der Waals surface area contributed by atoms with Crippen LogP contribution in [0, 0.1) is 0 Å². The molecular formula is C37H51O5P. The number of hydrogen-bond acceptors (Lipinski definition) is 5. The number of aliphatic hydroxyl groups excluding tert-OH is 1. The first kappa shape index (κ1) is 34.6. The van der Waals surface area contributed by atoms with Crippen molar-refractivity contribution in [3.05, 3.63) is 90.0 Å². The lowest BCUT2D eigenvalue weighted by atomic mass is 9.98. The Hall–Kier alpha value is -2.88. The molecule has 0 saturated carbocycles. The van der Waals surface area contributed by atoms with Gasteiger partial charge in [0, 0.05) is 16.3 Å². The highest BCUT2D eigenvalue weighted by Crippen LogP contribution is 2.52. The van der Waals surface area contributed by atoms with Gasteiger partial charge in [0.2, 0.25) is 0 Å². The number of benzene rings is 3. The van der Waals surface area contributed by atoms with Crippen LogP contribution in [0.3, 0.4) is 0 Å². The SMILES string of the molecule is CCCCCC[C@@H]([C@H](O)CCCCCCCc1cccc(OC)c1C(=O)OCC)P(=O)(c1ccccc1)c1ccccc1. The summed E-state index contributed by atoms with van der Waals surface area (Å²) in [6.07, 6.45) is 10.8. The molecule has 0 heterocycles. The molecule has 234 valence electrons. The molecule has 0 spiro atoms. The summed E-state index contributed by atoms with van der Waals surface area (Å²) >= 11 is 0. The van der Waals surface area contributed by atoms with Crippen molar-refractivity contribution in [3.8, 4) is 5.75 Å². The highest BCUT2D eigenvalue weighted by molar-refractivity contribution is 7.79. The summed E-state index contributed by atoms with van der Waals surface area (Å²) in [7, 11) is -1.49. The molecule has 6 heteroatoms. The average Bonchev–Trinajstić information content (AvgIpc) is 3.04. The maximum atomic E-state index is 15.1. The van der Waals surface area contributed by atoms with Gasteiger partial charge in [-0.3, -0.25) is 0 Å². The van der Waals surface area contributed by atoms with Crippen molar-refractivity contribution < 1.29 is 23.9 Å². The van der Waals surface area contributed by atoms with Gasteiger partial charge in [0.15, 0.2) is 0 Å². The molecular weight excluding hydrogens is 555 g/mol. The average molecular weight is 607 g/mol. The van der Waals surface area contributed by atoms with Gasteiger partial charge in [-0.1, -0.05) is 131 Å². The number of aryl methyl sites for hydroxylation is 1. The van der Waals surface area contributed by atoms with Gasteiger partial charge >= 0.3 is 5.97 Å². The normalized spacial score (nSPS) is 12.9. The largest absolute Gasteiger partial charge is 0.496 e. The number of esters is 1. The quantitative estimate of drug-likeness (QED) is 0.0794. The van der Waals surface area contributed by atoms with Gasteiger partial charge < -0.3 is 19.1 Å². The molecule has 1 N–H and O–H groups in total. The van der Waals surface area contributed by atoms with Crippen molar-refractivity contribution >= 4 is 23.7 Å². The zero-order chi connectivity index (χ0) is 30.9. The Labute approximate surface area is 259 Å². The number of methoxy groups -OCH3 is 1. The molecule has 3 aromatic rings. The van der Waals surface area contributed by atoms with Crippen molar-refractivity contribution in [2.75, 3.05) is 13.7 Å². The Balaban J connectivity index is 1.61. The third-order valence-corrected chi connectivity index (χ3v) is 12.0. The zero-order valence-electron chi connectivity index (χ0n) is 26.4. The first-order chi connectivity index (χ1) is 21.0. The van der Waals surface area contributed by atoms with Crippen molar-refractivity contribution in [2.45, 2.75) is 103 Å². The lowest BCUT2D eigenvalue weighted by Gasteiger charge is -2.32. The highest BCUT2D eigenvalue weighted by Gasteiger charge is 2.40. The Kier molecular flexibility index (Phi) is 15.1. The third-order valence-electron chi connectivity index (χ3n) is 8.30. The number of ether oxygens (including phenoxy) is 2. The van der Waals surface area contributed by atoms with E-state index in [4.69, 9.17) is 9.47 Å². The molecule has 3 rings (SSSR count). The van der Waals surface area contributed by atoms with Crippen LogP contribution in [0.25, 0.3) is 0 Å². The molecule has 0 unspecified atom stereocenters. The Morgan fingerprint density at radius 3 is 1.93 bits per heavy atom. The molecule has 0 amide bonds. The predicted molar refractivity (Wildman–Crippen MR) is 179 cm³/mol. The van der Waals surface area contributed by atoms with Crippen molar-refractivity contribution in [1.29, 1.82) is 0 Å². The topological polar surface area (TPSA) is 72.8 Å². The molecule has 0 aromatic heterocycles. The standard InChI is InChI=1S/C37H51O5P/c1-4-6-7-19-29-35(43(40,31-23-14-11-15-24-31)32-25-16-12-17-26-32)33(38)27-18-10-8-9-13-21-30-22-20-28-34(41-3)36(30)37(39)42-5-2/h11-12,14-17,20,22-26,28,33,35,38H,4-10,13,18-19,21,27,29H2,1-3H3/t33-,35+/m1/s1. The molecule has 5 nitrogen and oxygen atoms in total. The van der Waals surface area contributed by atoms with Gasteiger partial charge in [0.05, 0.1) is 19.8 Å². The van der Waals surface area contributed by atoms with E-state index in [9.17, 15) is 9.90 Å². The van der Waals surface area contributed by atoms with Crippen molar-refractivity contribution in [3.63, 3.8) is 0 Å². The second kappa shape index (κ2) is 18.7. The van der Waals surface area contributed by atoms with Gasteiger partial charge in [-0.05, 0) is 44.2 Å². The second-order valence-electron chi connectivity index (χ2n) is 11.3. The van der Waals surface area contributed by atoms with Crippen molar-refractivity contribution in [1.82, 2.24) is 0 Å². The highest BCUT2D eigenvalue weighted by atomic mass is 31.2. The molecule has 0 bridgehead atoms. The second-order valence-corrected chi connectivity index (χ2v) is 14.3. The molecule has 43 heavy (non-hydrogen) atoms. The number of rotatable bonds is 20. The summed E-state index contributed by atoms with van der Waals surface area (Å²) in [5.41, 5.74) is 1.18. The molecule has 0 aliphatic carbocycles. The summed E-state index contributed by atoms with van der Waals surface area (Å²) in [6.45, 7) is 4.33. The first-order valence-electron chi connectivity index (χ1n) is 16.2. The lowest BCUT2D eigenvalue weighted by molar-refractivity contribution is 0.0521. The van der Waals surface area contributed by atoms with E-state index in [-0.39, 0.29) is 11.6 Å². The van der Waals surface area contributed by atoms with Crippen molar-refractivity contribution in [2.24, 2.45) is 0 Å². The van der Waals surface area contributed by atoms with E-state index < -0.39 is 13.2 Å². The number of carbonyl (C=O) groups is 1. The summed E-state index contributed by atoms with van der Waals surface area (Å²) in [5.74, 6) is 0.217. The van der Waals surface area contributed by atoms with E-state index in [0.29, 0.717) is 24.3 Å². The van der Waals surface area contributed by atoms with E-state index in [1.54, 1.807) is 20.1 Å². The monoisotopic (exact) mass is 606 g/mol. The molecule has 0 fully saturated rings. The molecule has 0 aliphatic rings. The van der Waals surface area contributed by atoms with Crippen LogP contribution in [0.4, 0.5) is 0 Å². The first-order valence-corrected chi connectivity index (χ1v) is 18.0. The van der Waals surface area contributed by atoms with Gasteiger partial charge in [-0.15, -0.1) is 0 Å². The third kappa shape index (κ3) is 9.81. The van der Waals surface area contributed by atoms with Gasteiger partial charge in [0.1, 0.15) is 18.5 Å². The maximum absolute atomic E-state index is 15.1. The van der Waals surface area contributed by atoms with Crippen LogP contribution in [0.5, 0.6) is 5.75 Å². The smallest absolute Gasteiger partial charge is 0.342 e.